The number of rotatable bonds is 4. The van der Waals surface area contributed by atoms with Gasteiger partial charge >= 0.3 is 0 Å². The lowest BCUT2D eigenvalue weighted by atomic mass is 10.1. The fourth-order valence-corrected chi connectivity index (χ4v) is 1.82. The van der Waals surface area contributed by atoms with Crippen LogP contribution in [0.4, 0.5) is 10.1 Å². The molecule has 0 aliphatic carbocycles. The number of carbonyl (C=O) groups excluding carboxylic acids is 2. The summed E-state index contributed by atoms with van der Waals surface area (Å²) in [7, 11) is 0. The van der Waals surface area contributed by atoms with Crippen molar-refractivity contribution in [3.63, 3.8) is 0 Å². The smallest absolute Gasteiger partial charge is 0.251 e. The third-order valence-corrected chi connectivity index (χ3v) is 2.80. The van der Waals surface area contributed by atoms with Gasteiger partial charge in [-0.25, -0.2) is 4.39 Å². The van der Waals surface area contributed by atoms with Crippen LogP contribution in [-0.2, 0) is 4.79 Å². The fraction of sp³-hybridized carbons (Fsp3) is 0.125. The summed E-state index contributed by atoms with van der Waals surface area (Å²) in [4.78, 5) is 23.5. The van der Waals surface area contributed by atoms with Crippen LogP contribution in [0.25, 0.3) is 0 Å². The number of amides is 2. The fourth-order valence-electron chi connectivity index (χ4n) is 1.82. The molecular formula is C16H15FN2O2. The molecule has 5 heteroatoms. The molecule has 0 spiro atoms. The first-order chi connectivity index (χ1) is 10.0. The molecule has 0 radical (unpaired) electrons. The third kappa shape index (κ3) is 4.42. The zero-order chi connectivity index (χ0) is 15.2. The number of nitrogens with one attached hydrogen (secondary N) is 2. The van der Waals surface area contributed by atoms with Crippen LogP contribution in [0.1, 0.15) is 15.9 Å². The van der Waals surface area contributed by atoms with Crippen LogP contribution in [0.15, 0.2) is 48.5 Å². The molecule has 0 aliphatic rings. The second-order valence-electron chi connectivity index (χ2n) is 4.61. The van der Waals surface area contributed by atoms with Gasteiger partial charge in [-0.3, -0.25) is 9.59 Å². The molecule has 0 saturated heterocycles. The van der Waals surface area contributed by atoms with Crippen LogP contribution in [0.5, 0.6) is 0 Å². The molecule has 2 aromatic rings. The molecule has 0 saturated carbocycles. The zero-order valence-corrected chi connectivity index (χ0v) is 11.5. The Morgan fingerprint density at radius 1 is 1.10 bits per heavy atom. The highest BCUT2D eigenvalue weighted by molar-refractivity contribution is 5.99. The molecule has 0 fully saturated rings. The van der Waals surface area contributed by atoms with E-state index in [1.54, 1.807) is 24.3 Å². The molecule has 2 N–H and O–H groups in total. The number of hydrogen-bond acceptors (Lipinski definition) is 2. The molecule has 2 amide bonds. The summed E-state index contributed by atoms with van der Waals surface area (Å²) in [6.07, 6.45) is 0. The van der Waals surface area contributed by atoms with Gasteiger partial charge in [0.2, 0.25) is 5.91 Å². The lowest BCUT2D eigenvalue weighted by Gasteiger charge is -2.07. The minimum Gasteiger partial charge on any atom is -0.343 e. The standard InChI is InChI=1S/C16H15FN2O2/c1-11-4-2-5-12(8-11)16(21)18-10-15(20)19-14-7-3-6-13(17)9-14/h2-9H,10H2,1H3,(H,18,21)(H,19,20). The quantitative estimate of drug-likeness (QED) is 0.907. The topological polar surface area (TPSA) is 58.2 Å². The van der Waals surface area contributed by atoms with Gasteiger partial charge in [0.1, 0.15) is 5.82 Å². The monoisotopic (exact) mass is 286 g/mol. The molecule has 108 valence electrons. The number of hydrogen-bond donors (Lipinski definition) is 2. The first kappa shape index (κ1) is 14.7. The van der Waals surface area contributed by atoms with Crippen molar-refractivity contribution < 1.29 is 14.0 Å². The number of aryl methyl sites for hydroxylation is 1. The highest BCUT2D eigenvalue weighted by atomic mass is 19.1. The SMILES string of the molecule is Cc1cccc(C(=O)NCC(=O)Nc2cccc(F)c2)c1. The van der Waals surface area contributed by atoms with E-state index in [1.165, 1.54) is 18.2 Å². The molecule has 0 unspecified atom stereocenters. The van der Waals surface area contributed by atoms with E-state index in [0.29, 0.717) is 11.3 Å². The van der Waals surface area contributed by atoms with Crippen LogP contribution in [0.3, 0.4) is 0 Å². The molecule has 0 aromatic heterocycles. The van der Waals surface area contributed by atoms with Crippen LogP contribution in [-0.4, -0.2) is 18.4 Å². The average molecular weight is 286 g/mol. The van der Waals surface area contributed by atoms with Gasteiger partial charge in [0.15, 0.2) is 0 Å². The Hall–Kier alpha value is -2.69. The van der Waals surface area contributed by atoms with Gasteiger partial charge in [0.05, 0.1) is 6.54 Å². The van der Waals surface area contributed by atoms with E-state index in [-0.39, 0.29) is 12.5 Å². The summed E-state index contributed by atoms with van der Waals surface area (Å²) in [5.41, 5.74) is 1.81. The number of benzene rings is 2. The largest absolute Gasteiger partial charge is 0.343 e. The van der Waals surface area contributed by atoms with E-state index >= 15 is 0 Å². The van der Waals surface area contributed by atoms with Gasteiger partial charge in [-0.15, -0.1) is 0 Å². The zero-order valence-electron chi connectivity index (χ0n) is 11.5. The maximum Gasteiger partial charge on any atom is 0.251 e. The van der Waals surface area contributed by atoms with Crippen molar-refractivity contribution in [1.29, 1.82) is 0 Å². The highest BCUT2D eigenvalue weighted by Crippen LogP contribution is 2.08. The summed E-state index contributed by atoms with van der Waals surface area (Å²) < 4.78 is 13.0. The van der Waals surface area contributed by atoms with E-state index in [0.717, 1.165) is 5.56 Å². The molecule has 4 nitrogen and oxygen atoms in total. The van der Waals surface area contributed by atoms with Gasteiger partial charge in [0, 0.05) is 11.3 Å². The number of anilines is 1. The molecule has 2 rings (SSSR count). The first-order valence-electron chi connectivity index (χ1n) is 6.45. The molecule has 0 heterocycles. The van der Waals surface area contributed by atoms with E-state index in [2.05, 4.69) is 10.6 Å². The Morgan fingerprint density at radius 2 is 1.86 bits per heavy atom. The molecule has 21 heavy (non-hydrogen) atoms. The van der Waals surface area contributed by atoms with Gasteiger partial charge < -0.3 is 10.6 Å². The van der Waals surface area contributed by atoms with E-state index < -0.39 is 11.7 Å². The van der Waals surface area contributed by atoms with Crippen molar-refractivity contribution in [2.75, 3.05) is 11.9 Å². The Morgan fingerprint density at radius 3 is 2.57 bits per heavy atom. The van der Waals surface area contributed by atoms with Crippen molar-refractivity contribution >= 4 is 17.5 Å². The summed E-state index contributed by atoms with van der Waals surface area (Å²) in [6.45, 7) is 1.71. The normalized spacial score (nSPS) is 10.0. The molecule has 2 aromatic carbocycles. The van der Waals surface area contributed by atoms with E-state index in [9.17, 15) is 14.0 Å². The van der Waals surface area contributed by atoms with Gasteiger partial charge in [-0.1, -0.05) is 23.8 Å². The lowest BCUT2D eigenvalue weighted by Crippen LogP contribution is -2.32. The summed E-state index contributed by atoms with van der Waals surface area (Å²) in [5, 5.41) is 5.02. The van der Waals surface area contributed by atoms with Crippen molar-refractivity contribution in [3.8, 4) is 0 Å². The van der Waals surface area contributed by atoms with Crippen LogP contribution in [0.2, 0.25) is 0 Å². The van der Waals surface area contributed by atoms with Gasteiger partial charge in [-0.05, 0) is 37.3 Å². The predicted molar refractivity (Wildman–Crippen MR) is 78.5 cm³/mol. The van der Waals surface area contributed by atoms with E-state index in [4.69, 9.17) is 0 Å². The van der Waals surface area contributed by atoms with Crippen molar-refractivity contribution in [1.82, 2.24) is 5.32 Å². The predicted octanol–water partition coefficient (Wildman–Crippen LogP) is 2.50. The maximum atomic E-state index is 13.0. The highest BCUT2D eigenvalue weighted by Gasteiger charge is 2.08. The first-order valence-corrected chi connectivity index (χ1v) is 6.45. The maximum absolute atomic E-state index is 13.0. The van der Waals surface area contributed by atoms with Crippen LogP contribution >= 0.6 is 0 Å². The minimum absolute atomic E-state index is 0.177. The Bertz CT molecular complexity index is 671. The van der Waals surface area contributed by atoms with Crippen molar-refractivity contribution in [3.05, 3.63) is 65.5 Å². The minimum atomic E-state index is -0.434. The Balaban J connectivity index is 1.88. The van der Waals surface area contributed by atoms with Gasteiger partial charge in [-0.2, -0.15) is 0 Å². The molecule has 0 aliphatic heterocycles. The lowest BCUT2D eigenvalue weighted by molar-refractivity contribution is -0.115. The number of carbonyl (C=O) groups is 2. The summed E-state index contributed by atoms with van der Waals surface area (Å²) in [6, 6.07) is 12.6. The molecular weight excluding hydrogens is 271 g/mol. The molecule has 0 bridgehead atoms. The van der Waals surface area contributed by atoms with Crippen molar-refractivity contribution in [2.45, 2.75) is 6.92 Å². The van der Waals surface area contributed by atoms with Crippen LogP contribution < -0.4 is 10.6 Å². The van der Waals surface area contributed by atoms with Gasteiger partial charge in [0.25, 0.3) is 5.91 Å². The third-order valence-electron chi connectivity index (χ3n) is 2.80. The second kappa shape index (κ2) is 6.65. The average Bonchev–Trinajstić information content (AvgIpc) is 2.45. The Labute approximate surface area is 122 Å². The van der Waals surface area contributed by atoms with E-state index in [1.807, 2.05) is 13.0 Å². The molecule has 0 atom stereocenters. The second-order valence-corrected chi connectivity index (χ2v) is 4.61. The van der Waals surface area contributed by atoms with Crippen LogP contribution in [0, 0.1) is 12.7 Å². The summed E-state index contributed by atoms with van der Waals surface area (Å²) >= 11 is 0. The Kier molecular flexibility index (Phi) is 4.66. The summed E-state index contributed by atoms with van der Waals surface area (Å²) in [5.74, 6) is -1.17. The van der Waals surface area contributed by atoms with Crippen molar-refractivity contribution in [2.24, 2.45) is 0 Å². The number of halogens is 1.